The van der Waals surface area contributed by atoms with E-state index >= 15 is 0 Å². The second-order valence-electron chi connectivity index (χ2n) is 3.87. The molecule has 0 saturated heterocycles. The largest absolute Gasteiger partial charge is 0.384 e. The van der Waals surface area contributed by atoms with Gasteiger partial charge in [-0.1, -0.05) is 41.1 Å². The fraction of sp³-hybridized carbons (Fsp3) is 0.214. The third kappa shape index (κ3) is 7.63. The molecule has 1 aromatic carbocycles. The van der Waals surface area contributed by atoms with E-state index in [9.17, 15) is 0 Å². The lowest BCUT2D eigenvalue weighted by atomic mass is 10.3. The molecule has 1 heterocycles. The van der Waals surface area contributed by atoms with Gasteiger partial charge in [-0.15, -0.1) is 17.5 Å². The number of hydrogen-bond acceptors (Lipinski definition) is 5. The molecule has 0 atom stereocenters. The van der Waals surface area contributed by atoms with Gasteiger partial charge in [0.25, 0.3) is 0 Å². The molecule has 2 rings (SSSR count). The SMILES string of the molecule is CCCBr.Cl.Nc1ccc(/N=N/c2ccccc2)c(N)n1. The van der Waals surface area contributed by atoms with Crippen LogP contribution in [0, 0.1) is 0 Å². The van der Waals surface area contributed by atoms with Crippen molar-refractivity contribution in [1.29, 1.82) is 0 Å². The zero-order chi connectivity index (χ0) is 14.8. The predicted molar refractivity (Wildman–Crippen MR) is 95.0 cm³/mol. The van der Waals surface area contributed by atoms with Crippen LogP contribution in [0.4, 0.5) is 23.0 Å². The van der Waals surface area contributed by atoms with Crippen LogP contribution in [-0.4, -0.2) is 10.3 Å². The van der Waals surface area contributed by atoms with Gasteiger partial charge in [0, 0.05) is 5.33 Å². The molecule has 0 aliphatic rings. The summed E-state index contributed by atoms with van der Waals surface area (Å²) < 4.78 is 0. The van der Waals surface area contributed by atoms with Crippen molar-refractivity contribution in [1.82, 2.24) is 4.98 Å². The maximum atomic E-state index is 5.64. The number of aromatic nitrogens is 1. The Balaban J connectivity index is 0.000000715. The highest BCUT2D eigenvalue weighted by Gasteiger charge is 1.98. The van der Waals surface area contributed by atoms with Crippen molar-refractivity contribution in [3.63, 3.8) is 0 Å². The van der Waals surface area contributed by atoms with Gasteiger partial charge in [-0.05, 0) is 30.7 Å². The normalized spacial score (nSPS) is 9.62. The summed E-state index contributed by atoms with van der Waals surface area (Å²) >= 11 is 3.25. The molecular formula is C14H19BrClN5. The number of benzene rings is 1. The van der Waals surface area contributed by atoms with Crippen LogP contribution in [0.25, 0.3) is 0 Å². The Labute approximate surface area is 139 Å². The summed E-state index contributed by atoms with van der Waals surface area (Å²) in [6.07, 6.45) is 1.24. The molecule has 0 aliphatic carbocycles. The number of nitrogen functional groups attached to an aromatic ring is 2. The van der Waals surface area contributed by atoms with Crippen molar-refractivity contribution in [2.24, 2.45) is 10.2 Å². The lowest BCUT2D eigenvalue weighted by Crippen LogP contribution is -1.95. The van der Waals surface area contributed by atoms with E-state index in [1.54, 1.807) is 12.1 Å². The highest BCUT2D eigenvalue weighted by molar-refractivity contribution is 9.09. The summed E-state index contributed by atoms with van der Waals surface area (Å²) in [4.78, 5) is 3.89. The number of pyridine rings is 1. The Morgan fingerprint density at radius 2 is 1.67 bits per heavy atom. The molecule has 0 bridgehead atoms. The highest BCUT2D eigenvalue weighted by atomic mass is 79.9. The van der Waals surface area contributed by atoms with Gasteiger partial charge < -0.3 is 11.5 Å². The minimum atomic E-state index is 0. The molecule has 0 unspecified atom stereocenters. The van der Waals surface area contributed by atoms with E-state index in [1.807, 2.05) is 30.3 Å². The van der Waals surface area contributed by atoms with Crippen LogP contribution in [0.3, 0.4) is 0 Å². The topological polar surface area (TPSA) is 89.6 Å². The van der Waals surface area contributed by atoms with Gasteiger partial charge in [0.2, 0.25) is 0 Å². The van der Waals surface area contributed by atoms with Crippen LogP contribution in [0.2, 0.25) is 0 Å². The second kappa shape index (κ2) is 11.0. The Morgan fingerprint density at radius 3 is 2.19 bits per heavy atom. The van der Waals surface area contributed by atoms with Gasteiger partial charge in [0.1, 0.15) is 11.5 Å². The number of rotatable bonds is 3. The van der Waals surface area contributed by atoms with Gasteiger partial charge in [0.15, 0.2) is 5.82 Å². The first kappa shape index (κ1) is 19.3. The summed E-state index contributed by atoms with van der Waals surface area (Å²) in [5.41, 5.74) is 12.4. The first-order valence-electron chi connectivity index (χ1n) is 6.22. The van der Waals surface area contributed by atoms with Crippen molar-refractivity contribution in [2.75, 3.05) is 16.8 Å². The average molecular weight is 373 g/mol. The zero-order valence-electron chi connectivity index (χ0n) is 11.7. The van der Waals surface area contributed by atoms with Gasteiger partial charge in [-0.2, -0.15) is 5.11 Å². The summed E-state index contributed by atoms with van der Waals surface area (Å²) in [6.45, 7) is 2.13. The van der Waals surface area contributed by atoms with Crippen molar-refractivity contribution >= 4 is 51.3 Å². The molecule has 0 radical (unpaired) electrons. The van der Waals surface area contributed by atoms with Crippen molar-refractivity contribution in [3.05, 3.63) is 42.5 Å². The Hall–Kier alpha value is -1.66. The summed E-state index contributed by atoms with van der Waals surface area (Å²) in [5.74, 6) is 0.649. The maximum Gasteiger partial charge on any atom is 0.153 e. The van der Waals surface area contributed by atoms with Crippen LogP contribution in [0.1, 0.15) is 13.3 Å². The molecule has 7 heteroatoms. The number of nitrogens with two attached hydrogens (primary N) is 2. The Bertz CT molecular complexity index is 546. The fourth-order valence-corrected chi connectivity index (χ4v) is 1.17. The summed E-state index contributed by atoms with van der Waals surface area (Å²) in [6, 6.07) is 12.7. The minimum absolute atomic E-state index is 0. The molecule has 2 aromatic rings. The number of anilines is 2. The first-order chi connectivity index (χ1) is 9.67. The van der Waals surface area contributed by atoms with Crippen LogP contribution in [0.15, 0.2) is 52.7 Å². The van der Waals surface area contributed by atoms with E-state index in [1.165, 1.54) is 6.42 Å². The number of halogens is 2. The average Bonchev–Trinajstić information content (AvgIpc) is 2.48. The molecule has 0 aliphatic heterocycles. The molecular weight excluding hydrogens is 354 g/mol. The predicted octanol–water partition coefficient (Wildman–Crippen LogP) is 4.87. The molecule has 0 amide bonds. The van der Waals surface area contributed by atoms with Crippen LogP contribution >= 0.6 is 28.3 Å². The lowest BCUT2D eigenvalue weighted by molar-refractivity contribution is 1.12. The molecule has 114 valence electrons. The molecule has 0 fully saturated rings. The molecule has 1 aromatic heterocycles. The van der Waals surface area contributed by atoms with Gasteiger partial charge in [-0.3, -0.25) is 0 Å². The molecule has 5 nitrogen and oxygen atoms in total. The Morgan fingerprint density at radius 1 is 1.05 bits per heavy atom. The van der Waals surface area contributed by atoms with Crippen LogP contribution in [-0.2, 0) is 0 Å². The van der Waals surface area contributed by atoms with Crippen molar-refractivity contribution in [2.45, 2.75) is 13.3 Å². The summed E-state index contributed by atoms with van der Waals surface area (Å²) in [5, 5.41) is 9.16. The minimum Gasteiger partial charge on any atom is -0.384 e. The van der Waals surface area contributed by atoms with E-state index in [-0.39, 0.29) is 18.2 Å². The quantitative estimate of drug-likeness (QED) is 0.594. The fourth-order valence-electron chi connectivity index (χ4n) is 1.17. The van der Waals surface area contributed by atoms with Gasteiger partial charge in [0.05, 0.1) is 5.69 Å². The maximum absolute atomic E-state index is 5.64. The molecule has 0 spiro atoms. The van der Waals surface area contributed by atoms with E-state index in [2.05, 4.69) is 38.1 Å². The van der Waals surface area contributed by atoms with E-state index in [0.29, 0.717) is 11.5 Å². The van der Waals surface area contributed by atoms with Crippen LogP contribution < -0.4 is 11.5 Å². The number of azo groups is 1. The standard InChI is InChI=1S/C11H11N5.C3H7Br.ClH/c12-10-7-6-9(11(13)14-10)16-15-8-4-2-1-3-5-8;1-2-3-4;/h1-7H,(H4,12,13,14);2-3H2,1H3;1H/b16-15+;;. The smallest absolute Gasteiger partial charge is 0.153 e. The second-order valence-corrected chi connectivity index (χ2v) is 4.66. The number of nitrogens with zero attached hydrogens (tertiary/aromatic N) is 3. The third-order valence-corrected chi connectivity index (χ3v) is 2.94. The van der Waals surface area contributed by atoms with Crippen LogP contribution in [0.5, 0.6) is 0 Å². The number of hydrogen-bond donors (Lipinski definition) is 2. The van der Waals surface area contributed by atoms with E-state index in [0.717, 1.165) is 11.0 Å². The molecule has 21 heavy (non-hydrogen) atoms. The summed E-state index contributed by atoms with van der Waals surface area (Å²) in [7, 11) is 0. The van der Waals surface area contributed by atoms with E-state index in [4.69, 9.17) is 11.5 Å². The van der Waals surface area contributed by atoms with Crippen molar-refractivity contribution in [3.8, 4) is 0 Å². The van der Waals surface area contributed by atoms with Gasteiger partial charge in [-0.25, -0.2) is 4.98 Å². The monoisotopic (exact) mass is 371 g/mol. The van der Waals surface area contributed by atoms with Crippen molar-refractivity contribution < 1.29 is 0 Å². The molecule has 0 saturated carbocycles. The lowest BCUT2D eigenvalue weighted by Gasteiger charge is -1.98. The number of alkyl halides is 1. The zero-order valence-corrected chi connectivity index (χ0v) is 14.1. The third-order valence-electron chi connectivity index (χ3n) is 2.14. The first-order valence-corrected chi connectivity index (χ1v) is 7.34. The Kier molecular flexibility index (Phi) is 10.2. The molecule has 4 N–H and O–H groups in total. The van der Waals surface area contributed by atoms with E-state index < -0.39 is 0 Å². The highest BCUT2D eigenvalue weighted by Crippen LogP contribution is 2.23. The van der Waals surface area contributed by atoms with Gasteiger partial charge >= 0.3 is 0 Å².